The molecule has 1 rings (SSSR count). The molecule has 5 nitrogen and oxygen atoms in total. The molecule has 1 fully saturated rings. The lowest BCUT2D eigenvalue weighted by molar-refractivity contribution is -0.210. The van der Waals surface area contributed by atoms with Crippen LogP contribution in [0, 0.1) is 0 Å². The molecule has 0 aromatic rings. The average Bonchev–Trinajstić information content (AvgIpc) is 2.67. The predicted molar refractivity (Wildman–Crippen MR) is 109 cm³/mol. The van der Waals surface area contributed by atoms with E-state index in [0.29, 0.717) is 6.61 Å². The SMILES string of the molecule is CCCCCCCCCCCC/C=C/CCO[C@@H]1[C@@H](O)[C@H](CO)OC[C@H]1O. The summed E-state index contributed by atoms with van der Waals surface area (Å²) in [5.74, 6) is 0. The monoisotopic (exact) mass is 386 g/mol. The Morgan fingerprint density at radius 3 is 2.11 bits per heavy atom. The minimum absolute atomic E-state index is 0.0849. The molecule has 1 saturated heterocycles. The number of aliphatic hydroxyl groups is 3. The molecule has 5 heteroatoms. The quantitative estimate of drug-likeness (QED) is 0.278. The second-order valence-electron chi connectivity index (χ2n) is 7.68. The maximum absolute atomic E-state index is 10.0. The lowest BCUT2D eigenvalue weighted by Crippen LogP contribution is -2.55. The van der Waals surface area contributed by atoms with Crippen LogP contribution in [0.1, 0.15) is 84.0 Å². The molecule has 0 aliphatic carbocycles. The van der Waals surface area contributed by atoms with Gasteiger partial charge in [0.15, 0.2) is 0 Å². The minimum Gasteiger partial charge on any atom is -0.394 e. The lowest BCUT2D eigenvalue weighted by atomic mass is 10.0. The van der Waals surface area contributed by atoms with Crippen LogP contribution in [0.5, 0.6) is 0 Å². The minimum atomic E-state index is -0.991. The van der Waals surface area contributed by atoms with E-state index in [4.69, 9.17) is 14.6 Å². The van der Waals surface area contributed by atoms with Crippen LogP contribution in [0.4, 0.5) is 0 Å². The summed E-state index contributed by atoms with van der Waals surface area (Å²) < 4.78 is 10.8. The lowest BCUT2D eigenvalue weighted by Gasteiger charge is -2.37. The standard InChI is InChI=1S/C22H42O5/c1-2-3-4-5-6-7-8-9-10-11-12-13-14-15-16-26-22-19(24)18-27-20(17-23)21(22)25/h13-14,19-25H,2-12,15-18H2,1H3/b14-13+/t19-,20+,21+,22+/m1/s1. The first-order valence-corrected chi connectivity index (χ1v) is 11.1. The van der Waals surface area contributed by atoms with Gasteiger partial charge in [0.2, 0.25) is 0 Å². The van der Waals surface area contributed by atoms with Crippen molar-refractivity contribution in [2.75, 3.05) is 19.8 Å². The Kier molecular flexibility index (Phi) is 15.0. The third kappa shape index (κ3) is 11.2. The highest BCUT2D eigenvalue weighted by Crippen LogP contribution is 2.18. The van der Waals surface area contributed by atoms with Crippen LogP contribution in [0.25, 0.3) is 0 Å². The van der Waals surface area contributed by atoms with Gasteiger partial charge in [-0.1, -0.05) is 76.9 Å². The number of hydrogen-bond donors (Lipinski definition) is 3. The average molecular weight is 387 g/mol. The highest BCUT2D eigenvalue weighted by Gasteiger charge is 2.38. The summed E-state index contributed by atoms with van der Waals surface area (Å²) in [6, 6.07) is 0. The van der Waals surface area contributed by atoms with Gasteiger partial charge < -0.3 is 24.8 Å². The number of rotatable bonds is 16. The molecule has 27 heavy (non-hydrogen) atoms. The van der Waals surface area contributed by atoms with E-state index in [0.717, 1.165) is 12.8 Å². The Morgan fingerprint density at radius 2 is 1.48 bits per heavy atom. The molecule has 0 radical (unpaired) electrons. The van der Waals surface area contributed by atoms with Crippen molar-refractivity contribution in [3.8, 4) is 0 Å². The fourth-order valence-electron chi connectivity index (χ4n) is 3.48. The van der Waals surface area contributed by atoms with Crippen molar-refractivity contribution >= 4 is 0 Å². The zero-order chi connectivity index (χ0) is 19.7. The Hall–Kier alpha value is -0.460. The van der Waals surface area contributed by atoms with Gasteiger partial charge in [-0.2, -0.15) is 0 Å². The highest BCUT2D eigenvalue weighted by atomic mass is 16.6. The topological polar surface area (TPSA) is 79.2 Å². The van der Waals surface area contributed by atoms with Crippen molar-refractivity contribution in [2.45, 2.75) is 108 Å². The van der Waals surface area contributed by atoms with Gasteiger partial charge in [-0.3, -0.25) is 0 Å². The van der Waals surface area contributed by atoms with E-state index in [9.17, 15) is 10.2 Å². The molecule has 4 atom stereocenters. The number of ether oxygens (including phenoxy) is 2. The van der Waals surface area contributed by atoms with Gasteiger partial charge in [0.25, 0.3) is 0 Å². The highest BCUT2D eigenvalue weighted by molar-refractivity contribution is 4.88. The number of unbranched alkanes of at least 4 members (excludes halogenated alkanes) is 10. The number of hydrogen-bond acceptors (Lipinski definition) is 5. The van der Waals surface area contributed by atoms with E-state index in [1.165, 1.54) is 64.2 Å². The fraction of sp³-hybridized carbons (Fsp3) is 0.909. The van der Waals surface area contributed by atoms with Crippen molar-refractivity contribution < 1.29 is 24.8 Å². The maximum Gasteiger partial charge on any atom is 0.114 e. The number of allylic oxidation sites excluding steroid dienone is 1. The fourth-order valence-corrected chi connectivity index (χ4v) is 3.48. The predicted octanol–water partition coefficient (Wildman–Crippen LogP) is 3.74. The molecule has 1 aliphatic rings. The van der Waals surface area contributed by atoms with Crippen molar-refractivity contribution in [2.24, 2.45) is 0 Å². The summed E-state index contributed by atoms with van der Waals surface area (Å²) in [6.45, 7) is 2.52. The van der Waals surface area contributed by atoms with Gasteiger partial charge in [-0.25, -0.2) is 0 Å². The molecule has 160 valence electrons. The Labute approximate surface area is 165 Å². The van der Waals surface area contributed by atoms with Gasteiger partial charge in [-0.15, -0.1) is 0 Å². The summed E-state index contributed by atoms with van der Waals surface area (Å²) in [5.41, 5.74) is 0. The van der Waals surface area contributed by atoms with E-state index in [2.05, 4.69) is 19.1 Å². The normalized spacial score (nSPS) is 26.1. The molecule has 0 spiro atoms. The van der Waals surface area contributed by atoms with Gasteiger partial charge in [0.05, 0.1) is 19.8 Å². The summed E-state index contributed by atoms with van der Waals surface area (Å²) >= 11 is 0. The first-order valence-electron chi connectivity index (χ1n) is 11.1. The van der Waals surface area contributed by atoms with Crippen molar-refractivity contribution in [3.63, 3.8) is 0 Å². The van der Waals surface area contributed by atoms with Crippen LogP contribution in [0.15, 0.2) is 12.2 Å². The molecule has 0 aromatic heterocycles. The van der Waals surface area contributed by atoms with Crippen molar-refractivity contribution in [1.29, 1.82) is 0 Å². The van der Waals surface area contributed by atoms with E-state index in [-0.39, 0.29) is 13.2 Å². The van der Waals surface area contributed by atoms with E-state index < -0.39 is 24.4 Å². The molecule has 0 saturated carbocycles. The summed E-state index contributed by atoms with van der Waals surface area (Å²) in [4.78, 5) is 0. The van der Waals surface area contributed by atoms with Gasteiger partial charge in [0.1, 0.15) is 24.4 Å². The van der Waals surface area contributed by atoms with Gasteiger partial charge in [-0.05, 0) is 19.3 Å². The van der Waals surface area contributed by atoms with Crippen LogP contribution in [-0.4, -0.2) is 59.6 Å². The van der Waals surface area contributed by atoms with Gasteiger partial charge >= 0.3 is 0 Å². The Balaban J connectivity index is 1.93. The zero-order valence-corrected chi connectivity index (χ0v) is 17.2. The van der Waals surface area contributed by atoms with Crippen LogP contribution in [0.3, 0.4) is 0 Å². The molecule has 0 unspecified atom stereocenters. The second-order valence-corrected chi connectivity index (χ2v) is 7.68. The first-order chi connectivity index (χ1) is 13.2. The maximum atomic E-state index is 10.0. The molecule has 3 N–H and O–H groups in total. The molecular formula is C22H42O5. The van der Waals surface area contributed by atoms with E-state index in [1.807, 2.05) is 0 Å². The van der Waals surface area contributed by atoms with Crippen LogP contribution in [0.2, 0.25) is 0 Å². The van der Waals surface area contributed by atoms with Crippen LogP contribution < -0.4 is 0 Å². The Morgan fingerprint density at radius 1 is 0.889 bits per heavy atom. The third-order valence-electron chi connectivity index (χ3n) is 5.24. The van der Waals surface area contributed by atoms with Crippen LogP contribution >= 0.6 is 0 Å². The largest absolute Gasteiger partial charge is 0.394 e. The molecule has 1 aliphatic heterocycles. The molecule has 1 heterocycles. The summed E-state index contributed by atoms with van der Waals surface area (Å²) in [7, 11) is 0. The summed E-state index contributed by atoms with van der Waals surface area (Å²) in [5, 5.41) is 29.0. The smallest absolute Gasteiger partial charge is 0.114 e. The third-order valence-corrected chi connectivity index (χ3v) is 5.24. The first kappa shape index (κ1) is 24.6. The van der Waals surface area contributed by atoms with E-state index in [1.54, 1.807) is 0 Å². The molecule has 0 aromatic carbocycles. The molecule has 0 amide bonds. The summed E-state index contributed by atoms with van der Waals surface area (Å²) in [6.07, 6.45) is 16.5. The Bertz CT molecular complexity index is 361. The van der Waals surface area contributed by atoms with Gasteiger partial charge in [0, 0.05) is 0 Å². The van der Waals surface area contributed by atoms with Crippen molar-refractivity contribution in [1.82, 2.24) is 0 Å². The van der Waals surface area contributed by atoms with Crippen molar-refractivity contribution in [3.05, 3.63) is 12.2 Å². The zero-order valence-electron chi connectivity index (χ0n) is 17.2. The molecule has 0 bridgehead atoms. The molecular weight excluding hydrogens is 344 g/mol. The second kappa shape index (κ2) is 16.5. The van der Waals surface area contributed by atoms with E-state index >= 15 is 0 Å². The van der Waals surface area contributed by atoms with Crippen LogP contribution in [-0.2, 0) is 9.47 Å². The number of aliphatic hydroxyl groups excluding tert-OH is 3.